The van der Waals surface area contributed by atoms with Gasteiger partial charge in [-0.15, -0.1) is 0 Å². The average molecular weight is 389 g/mol. The van der Waals surface area contributed by atoms with Gasteiger partial charge >= 0.3 is 0 Å². The van der Waals surface area contributed by atoms with E-state index >= 15 is 0 Å². The van der Waals surface area contributed by atoms with Crippen molar-refractivity contribution >= 4 is 0 Å². The summed E-state index contributed by atoms with van der Waals surface area (Å²) >= 11 is 0. The summed E-state index contributed by atoms with van der Waals surface area (Å²) in [6, 6.07) is 9.06. The second kappa shape index (κ2) is 9.79. The standard InChI is InChI=1S/C20H24F2N4.C2H6/c1-3-26-10-6-18(24-26)15-4-5-16(17(21)12-15)13-25-11-8-20(2,7-9-23)19(22)14-25;1-2/h4-6,10,12,19H,3,7-8,11,13-14H2,1-2H3;1-2H3. The van der Waals surface area contributed by atoms with Gasteiger partial charge in [0.2, 0.25) is 0 Å². The molecule has 0 spiro atoms. The molecule has 1 saturated heterocycles. The highest BCUT2D eigenvalue weighted by molar-refractivity contribution is 5.59. The van der Waals surface area contributed by atoms with E-state index in [0.717, 1.165) is 17.8 Å². The van der Waals surface area contributed by atoms with Gasteiger partial charge in [0, 0.05) is 48.8 Å². The fraction of sp³-hybridized carbons (Fsp3) is 0.545. The summed E-state index contributed by atoms with van der Waals surface area (Å²) in [5.41, 5.74) is 1.44. The topological polar surface area (TPSA) is 44.9 Å². The molecule has 28 heavy (non-hydrogen) atoms. The lowest BCUT2D eigenvalue weighted by Gasteiger charge is -2.41. The van der Waals surface area contributed by atoms with Crippen molar-refractivity contribution in [3.63, 3.8) is 0 Å². The molecular weight excluding hydrogens is 358 g/mol. The third-order valence-electron chi connectivity index (χ3n) is 5.36. The molecule has 4 nitrogen and oxygen atoms in total. The molecule has 2 aromatic rings. The predicted octanol–water partition coefficient (Wildman–Crippen LogP) is 5.20. The first-order valence-electron chi connectivity index (χ1n) is 10.0. The van der Waals surface area contributed by atoms with Gasteiger partial charge in [-0.05, 0) is 32.0 Å². The van der Waals surface area contributed by atoms with E-state index in [2.05, 4.69) is 11.2 Å². The van der Waals surface area contributed by atoms with E-state index in [1.54, 1.807) is 10.7 Å². The molecule has 6 heteroatoms. The van der Waals surface area contributed by atoms with E-state index < -0.39 is 11.6 Å². The maximum Gasteiger partial charge on any atom is 0.128 e. The van der Waals surface area contributed by atoms with Crippen LogP contribution in [0.3, 0.4) is 0 Å². The molecule has 0 saturated carbocycles. The molecule has 0 bridgehead atoms. The number of aryl methyl sites for hydroxylation is 1. The number of aromatic nitrogens is 2. The molecule has 3 rings (SSSR count). The number of nitrogens with zero attached hydrogens (tertiary/aromatic N) is 4. The van der Waals surface area contributed by atoms with Gasteiger partial charge in [0.25, 0.3) is 0 Å². The largest absolute Gasteiger partial charge is 0.296 e. The van der Waals surface area contributed by atoms with Crippen molar-refractivity contribution < 1.29 is 8.78 Å². The van der Waals surface area contributed by atoms with Crippen LogP contribution in [0, 0.1) is 22.6 Å². The van der Waals surface area contributed by atoms with Crippen LogP contribution in [0.5, 0.6) is 0 Å². The molecule has 0 amide bonds. The maximum atomic E-state index is 14.6. The molecule has 1 aliphatic heterocycles. The van der Waals surface area contributed by atoms with Crippen molar-refractivity contribution in [2.75, 3.05) is 13.1 Å². The van der Waals surface area contributed by atoms with Crippen LogP contribution < -0.4 is 0 Å². The van der Waals surface area contributed by atoms with E-state index in [4.69, 9.17) is 5.26 Å². The Morgan fingerprint density at radius 3 is 2.64 bits per heavy atom. The second-order valence-corrected chi connectivity index (χ2v) is 7.30. The van der Waals surface area contributed by atoms with E-state index in [-0.39, 0.29) is 18.8 Å². The fourth-order valence-corrected chi connectivity index (χ4v) is 3.40. The Bertz CT molecular complexity index is 811. The molecule has 2 atom stereocenters. The first-order chi connectivity index (χ1) is 13.4. The van der Waals surface area contributed by atoms with Crippen LogP contribution in [0.25, 0.3) is 11.3 Å². The summed E-state index contributed by atoms with van der Waals surface area (Å²) in [6.45, 7) is 9.87. The van der Waals surface area contributed by atoms with Gasteiger partial charge in [0.05, 0.1) is 11.8 Å². The fourth-order valence-electron chi connectivity index (χ4n) is 3.40. The van der Waals surface area contributed by atoms with E-state index in [1.165, 1.54) is 6.07 Å². The van der Waals surface area contributed by atoms with Crippen LogP contribution in [0.1, 0.15) is 46.1 Å². The Morgan fingerprint density at radius 2 is 2.07 bits per heavy atom. The van der Waals surface area contributed by atoms with Crippen molar-refractivity contribution in [3.05, 3.63) is 41.8 Å². The van der Waals surface area contributed by atoms with Gasteiger partial charge in [0.1, 0.15) is 12.0 Å². The first-order valence-corrected chi connectivity index (χ1v) is 10.0. The van der Waals surface area contributed by atoms with Crippen molar-refractivity contribution in [2.45, 2.75) is 59.8 Å². The van der Waals surface area contributed by atoms with Crippen molar-refractivity contribution in [2.24, 2.45) is 5.41 Å². The van der Waals surface area contributed by atoms with E-state index in [0.29, 0.717) is 25.1 Å². The van der Waals surface area contributed by atoms with E-state index in [1.807, 2.05) is 50.9 Å². The Balaban J connectivity index is 0.00000136. The van der Waals surface area contributed by atoms with Gasteiger partial charge in [-0.3, -0.25) is 9.58 Å². The molecule has 152 valence electrons. The average Bonchev–Trinajstić information content (AvgIpc) is 3.18. The van der Waals surface area contributed by atoms with Gasteiger partial charge in [0.15, 0.2) is 0 Å². The third-order valence-corrected chi connectivity index (χ3v) is 5.36. The molecule has 0 radical (unpaired) electrons. The Hall–Kier alpha value is -2.26. The number of hydrogen-bond acceptors (Lipinski definition) is 3. The first kappa shape index (κ1) is 22.0. The van der Waals surface area contributed by atoms with Gasteiger partial charge in [-0.25, -0.2) is 8.78 Å². The third kappa shape index (κ3) is 4.96. The maximum absolute atomic E-state index is 14.6. The molecule has 1 aliphatic rings. The number of alkyl halides is 1. The highest BCUT2D eigenvalue weighted by Gasteiger charge is 2.39. The monoisotopic (exact) mass is 388 g/mol. The SMILES string of the molecule is CC.CCn1ccc(-c2ccc(CN3CCC(C)(CC#N)C(F)C3)c(F)c2)n1. The molecule has 0 N–H and O–H groups in total. The number of hydrogen-bond donors (Lipinski definition) is 0. The molecular formula is C22H30F2N4. The van der Waals surface area contributed by atoms with Crippen LogP contribution in [-0.4, -0.2) is 33.9 Å². The number of likely N-dealkylation sites (tertiary alicyclic amines) is 1. The number of halogens is 2. The van der Waals surface area contributed by atoms with Crippen LogP contribution in [-0.2, 0) is 13.1 Å². The van der Waals surface area contributed by atoms with Gasteiger partial charge in [-0.1, -0.05) is 32.9 Å². The Morgan fingerprint density at radius 1 is 1.32 bits per heavy atom. The second-order valence-electron chi connectivity index (χ2n) is 7.30. The number of rotatable bonds is 5. The summed E-state index contributed by atoms with van der Waals surface area (Å²) in [6.07, 6.45) is 1.62. The van der Waals surface area contributed by atoms with Crippen molar-refractivity contribution in [3.8, 4) is 17.3 Å². The predicted molar refractivity (Wildman–Crippen MR) is 108 cm³/mol. The molecule has 2 heterocycles. The van der Waals surface area contributed by atoms with Crippen LogP contribution >= 0.6 is 0 Å². The quantitative estimate of drug-likeness (QED) is 0.707. The number of benzene rings is 1. The summed E-state index contributed by atoms with van der Waals surface area (Å²) in [4.78, 5) is 1.92. The zero-order chi connectivity index (χ0) is 20.7. The molecule has 0 aliphatic carbocycles. The lowest BCUT2D eigenvalue weighted by molar-refractivity contribution is 0.0182. The van der Waals surface area contributed by atoms with Crippen molar-refractivity contribution in [1.82, 2.24) is 14.7 Å². The molecule has 2 unspecified atom stereocenters. The highest BCUT2D eigenvalue weighted by Crippen LogP contribution is 2.37. The van der Waals surface area contributed by atoms with Crippen molar-refractivity contribution in [1.29, 1.82) is 5.26 Å². The normalized spacial score (nSPS) is 22.2. The smallest absolute Gasteiger partial charge is 0.128 e. The minimum Gasteiger partial charge on any atom is -0.296 e. The lowest BCUT2D eigenvalue weighted by atomic mass is 9.76. The van der Waals surface area contributed by atoms with Crippen LogP contribution in [0.4, 0.5) is 8.78 Å². The minimum atomic E-state index is -1.07. The number of nitriles is 1. The highest BCUT2D eigenvalue weighted by atomic mass is 19.1. The van der Waals surface area contributed by atoms with Gasteiger partial charge in [-0.2, -0.15) is 10.4 Å². The summed E-state index contributed by atoms with van der Waals surface area (Å²) in [5, 5.41) is 13.3. The Labute approximate surface area is 166 Å². The van der Waals surface area contributed by atoms with Crippen LogP contribution in [0.2, 0.25) is 0 Å². The molecule has 1 aromatic carbocycles. The number of piperidine rings is 1. The minimum absolute atomic E-state index is 0.218. The Kier molecular flexibility index (Phi) is 7.70. The summed E-state index contributed by atoms with van der Waals surface area (Å²) in [5.74, 6) is -0.297. The molecule has 1 aromatic heterocycles. The molecule has 1 fully saturated rings. The van der Waals surface area contributed by atoms with E-state index in [9.17, 15) is 8.78 Å². The van der Waals surface area contributed by atoms with Gasteiger partial charge < -0.3 is 0 Å². The zero-order valence-electron chi connectivity index (χ0n) is 17.3. The summed E-state index contributed by atoms with van der Waals surface area (Å²) in [7, 11) is 0. The zero-order valence-corrected chi connectivity index (χ0v) is 17.3. The van der Waals surface area contributed by atoms with Crippen LogP contribution in [0.15, 0.2) is 30.5 Å². The summed E-state index contributed by atoms with van der Waals surface area (Å²) < 4.78 is 30.8. The lowest BCUT2D eigenvalue weighted by Crippen LogP contribution is -2.47.